The third-order valence-electron chi connectivity index (χ3n) is 1.40. The van der Waals surface area contributed by atoms with E-state index in [0.29, 0.717) is 0 Å². The van der Waals surface area contributed by atoms with E-state index in [4.69, 9.17) is 5.26 Å². The zero-order valence-electron chi connectivity index (χ0n) is 6.88. The van der Waals surface area contributed by atoms with Gasteiger partial charge in [0, 0.05) is 17.8 Å². The maximum absolute atomic E-state index is 12.5. The Morgan fingerprint density at radius 2 is 2.29 bits per heavy atom. The molecule has 74 valence electrons. The first kappa shape index (κ1) is 10.3. The van der Waals surface area contributed by atoms with Gasteiger partial charge in [0.2, 0.25) is 5.95 Å². The Morgan fingerprint density at radius 3 is 2.86 bits per heavy atom. The van der Waals surface area contributed by atoms with E-state index in [-0.39, 0.29) is 17.7 Å². The summed E-state index contributed by atoms with van der Waals surface area (Å²) < 4.78 is 40.2. The molecule has 6 heteroatoms. The number of hydrogen-bond acceptors (Lipinski definition) is 3. The Bertz CT molecular complexity index is 362. The van der Waals surface area contributed by atoms with E-state index in [1.807, 2.05) is 0 Å². The lowest BCUT2D eigenvalue weighted by molar-refractivity contribution is -0.0506. The van der Waals surface area contributed by atoms with Gasteiger partial charge in [-0.15, -0.1) is 0 Å². The zero-order chi connectivity index (χ0) is 10.6. The van der Waals surface area contributed by atoms with Crippen LogP contribution in [0.4, 0.5) is 13.2 Å². The second-order valence-electron chi connectivity index (χ2n) is 2.33. The van der Waals surface area contributed by atoms with Gasteiger partial charge in [0.1, 0.15) is 5.75 Å². The number of hydrogen-bond donors (Lipinski definition) is 0. The molecule has 0 unspecified atom stereocenters. The standard InChI is InChI=1S/C8H5F3N2O/c9-7-3-6(14-8(10)11)5(1-2-12)4-13-7/h3-4,8H,1H2. The molecule has 0 spiro atoms. The van der Waals surface area contributed by atoms with E-state index in [2.05, 4.69) is 9.72 Å². The summed E-state index contributed by atoms with van der Waals surface area (Å²) in [7, 11) is 0. The fraction of sp³-hybridized carbons (Fsp3) is 0.250. The average Bonchev–Trinajstić information content (AvgIpc) is 2.09. The van der Waals surface area contributed by atoms with Crippen molar-refractivity contribution >= 4 is 0 Å². The van der Waals surface area contributed by atoms with Crippen molar-refractivity contribution in [1.82, 2.24) is 4.98 Å². The molecule has 0 bridgehead atoms. The molecule has 0 fully saturated rings. The second kappa shape index (κ2) is 4.46. The molecule has 1 heterocycles. The highest BCUT2D eigenvalue weighted by Crippen LogP contribution is 2.20. The van der Waals surface area contributed by atoms with Crippen molar-refractivity contribution in [3.8, 4) is 11.8 Å². The maximum atomic E-state index is 12.5. The van der Waals surface area contributed by atoms with Gasteiger partial charge >= 0.3 is 6.61 Å². The van der Waals surface area contributed by atoms with Gasteiger partial charge in [0.15, 0.2) is 0 Å². The molecule has 14 heavy (non-hydrogen) atoms. The van der Waals surface area contributed by atoms with Crippen molar-refractivity contribution in [2.45, 2.75) is 13.0 Å². The fourth-order valence-corrected chi connectivity index (χ4v) is 0.865. The van der Waals surface area contributed by atoms with Gasteiger partial charge in [-0.1, -0.05) is 0 Å². The Kier molecular flexibility index (Phi) is 3.29. The number of halogens is 3. The van der Waals surface area contributed by atoms with Crippen LogP contribution in [-0.2, 0) is 6.42 Å². The van der Waals surface area contributed by atoms with Crippen LogP contribution in [0.5, 0.6) is 5.75 Å². The third-order valence-corrected chi connectivity index (χ3v) is 1.40. The summed E-state index contributed by atoms with van der Waals surface area (Å²) >= 11 is 0. The molecule has 0 aliphatic heterocycles. The predicted molar refractivity (Wildman–Crippen MR) is 40.1 cm³/mol. The largest absolute Gasteiger partial charge is 0.434 e. The lowest BCUT2D eigenvalue weighted by Crippen LogP contribution is -2.05. The fourth-order valence-electron chi connectivity index (χ4n) is 0.865. The van der Waals surface area contributed by atoms with Gasteiger partial charge in [0.25, 0.3) is 0 Å². The molecule has 0 atom stereocenters. The predicted octanol–water partition coefficient (Wildman–Crippen LogP) is 1.89. The lowest BCUT2D eigenvalue weighted by Gasteiger charge is -2.07. The number of aromatic nitrogens is 1. The van der Waals surface area contributed by atoms with E-state index >= 15 is 0 Å². The van der Waals surface area contributed by atoms with Crippen molar-refractivity contribution < 1.29 is 17.9 Å². The van der Waals surface area contributed by atoms with Gasteiger partial charge in [-0.25, -0.2) is 4.98 Å². The highest BCUT2D eigenvalue weighted by molar-refractivity contribution is 5.32. The molecule has 0 aliphatic rings. The second-order valence-corrected chi connectivity index (χ2v) is 2.33. The number of nitriles is 1. The van der Waals surface area contributed by atoms with Crippen LogP contribution in [0.25, 0.3) is 0 Å². The molecular formula is C8H5F3N2O. The van der Waals surface area contributed by atoms with Crippen LogP contribution < -0.4 is 4.74 Å². The van der Waals surface area contributed by atoms with Crippen molar-refractivity contribution in [2.75, 3.05) is 0 Å². The third kappa shape index (κ3) is 2.62. The summed E-state index contributed by atoms with van der Waals surface area (Å²) in [6.07, 6.45) is 0.839. The molecule has 0 radical (unpaired) electrons. The first-order valence-corrected chi connectivity index (χ1v) is 3.59. The molecule has 0 saturated carbocycles. The van der Waals surface area contributed by atoms with Crippen LogP contribution in [0.15, 0.2) is 12.3 Å². The van der Waals surface area contributed by atoms with Crippen LogP contribution in [0.1, 0.15) is 5.56 Å². The van der Waals surface area contributed by atoms with Crippen LogP contribution in [0.2, 0.25) is 0 Å². The van der Waals surface area contributed by atoms with Crippen LogP contribution >= 0.6 is 0 Å². The minimum atomic E-state index is -3.05. The summed E-state index contributed by atoms with van der Waals surface area (Å²) in [5, 5.41) is 8.33. The normalized spacial score (nSPS) is 9.93. The van der Waals surface area contributed by atoms with Crippen LogP contribution in [0, 0.1) is 17.3 Å². The zero-order valence-corrected chi connectivity index (χ0v) is 6.88. The van der Waals surface area contributed by atoms with Gasteiger partial charge in [-0.05, 0) is 0 Å². The quantitative estimate of drug-likeness (QED) is 0.703. The van der Waals surface area contributed by atoms with Crippen molar-refractivity contribution in [2.24, 2.45) is 0 Å². The minimum Gasteiger partial charge on any atom is -0.434 e. The number of rotatable bonds is 3. The Labute approximate surface area is 77.7 Å². The van der Waals surface area contributed by atoms with E-state index in [9.17, 15) is 13.2 Å². The molecule has 0 amide bonds. The topological polar surface area (TPSA) is 45.9 Å². The van der Waals surface area contributed by atoms with Crippen molar-refractivity contribution in [3.05, 3.63) is 23.8 Å². The van der Waals surface area contributed by atoms with Gasteiger partial charge in [-0.3, -0.25) is 0 Å². The van der Waals surface area contributed by atoms with Gasteiger partial charge in [-0.2, -0.15) is 18.4 Å². The SMILES string of the molecule is N#CCc1cnc(F)cc1OC(F)F. The number of alkyl halides is 2. The Balaban J connectivity index is 2.97. The molecule has 1 aromatic rings. The molecule has 1 rings (SSSR count). The highest BCUT2D eigenvalue weighted by atomic mass is 19.3. The van der Waals surface area contributed by atoms with Crippen molar-refractivity contribution in [3.63, 3.8) is 0 Å². The van der Waals surface area contributed by atoms with Crippen LogP contribution in [0.3, 0.4) is 0 Å². The van der Waals surface area contributed by atoms with E-state index in [0.717, 1.165) is 12.3 Å². The molecule has 0 aromatic carbocycles. The van der Waals surface area contributed by atoms with Gasteiger partial charge < -0.3 is 4.74 Å². The number of ether oxygens (including phenoxy) is 1. The molecule has 0 aliphatic carbocycles. The van der Waals surface area contributed by atoms with Crippen molar-refractivity contribution in [1.29, 1.82) is 5.26 Å². The smallest absolute Gasteiger partial charge is 0.387 e. The summed E-state index contributed by atoms with van der Waals surface area (Å²) in [4.78, 5) is 3.22. The lowest BCUT2D eigenvalue weighted by atomic mass is 10.2. The van der Waals surface area contributed by atoms with E-state index < -0.39 is 12.6 Å². The summed E-state index contributed by atoms with van der Waals surface area (Å²) in [5.41, 5.74) is 0.134. The average molecular weight is 202 g/mol. The molecule has 3 nitrogen and oxygen atoms in total. The number of pyridine rings is 1. The Morgan fingerprint density at radius 1 is 1.57 bits per heavy atom. The van der Waals surface area contributed by atoms with Crippen LogP contribution in [-0.4, -0.2) is 11.6 Å². The summed E-state index contributed by atoms with van der Waals surface area (Å²) in [6, 6.07) is 2.45. The molecule has 1 aromatic heterocycles. The van der Waals surface area contributed by atoms with Gasteiger partial charge in [0.05, 0.1) is 12.5 Å². The first-order chi connectivity index (χ1) is 6.63. The first-order valence-electron chi connectivity index (χ1n) is 3.59. The maximum Gasteiger partial charge on any atom is 0.387 e. The van der Waals surface area contributed by atoms with E-state index in [1.54, 1.807) is 6.07 Å². The molecule has 0 saturated heterocycles. The minimum absolute atomic E-state index is 0.134. The highest BCUT2D eigenvalue weighted by Gasteiger charge is 2.11. The van der Waals surface area contributed by atoms with E-state index in [1.165, 1.54) is 0 Å². The summed E-state index contributed by atoms with van der Waals surface area (Å²) in [6.45, 7) is -3.05. The summed E-state index contributed by atoms with van der Waals surface area (Å²) in [5.74, 6) is -1.28. The monoisotopic (exact) mass is 202 g/mol. The number of nitrogens with zero attached hydrogens (tertiary/aromatic N) is 2. The Hall–Kier alpha value is -1.77. The molecule has 0 N–H and O–H groups in total. The molecular weight excluding hydrogens is 197 g/mol.